The molecule has 1 aromatic carbocycles. The minimum atomic E-state index is 0.697. The van der Waals surface area contributed by atoms with Gasteiger partial charge in [-0.2, -0.15) is 0 Å². The fourth-order valence-electron chi connectivity index (χ4n) is 2.28. The summed E-state index contributed by atoms with van der Waals surface area (Å²) in [7, 11) is 3.72. The monoisotopic (exact) mass is 315 g/mol. The van der Waals surface area contributed by atoms with E-state index in [4.69, 9.17) is 9.15 Å². The van der Waals surface area contributed by atoms with Gasteiger partial charge in [-0.15, -0.1) is 0 Å². The van der Waals surface area contributed by atoms with E-state index in [0.29, 0.717) is 6.54 Å². The van der Waals surface area contributed by atoms with E-state index in [1.807, 2.05) is 31.3 Å². The zero-order valence-electron chi connectivity index (χ0n) is 14.1. The second-order valence-electron chi connectivity index (χ2n) is 5.27. The molecule has 5 heteroatoms. The van der Waals surface area contributed by atoms with Crippen LogP contribution in [0.15, 0.2) is 52.1 Å². The largest absolute Gasteiger partial charge is 0.497 e. The first kappa shape index (κ1) is 16.9. The molecule has 0 atom stereocenters. The molecule has 0 saturated heterocycles. The molecule has 1 aromatic heterocycles. The Morgan fingerprint density at radius 1 is 1.26 bits per heavy atom. The van der Waals surface area contributed by atoms with Crippen LogP contribution in [0.4, 0.5) is 0 Å². The van der Waals surface area contributed by atoms with Crippen molar-refractivity contribution in [3.63, 3.8) is 0 Å². The Labute approximate surface area is 138 Å². The van der Waals surface area contributed by atoms with Crippen LogP contribution >= 0.6 is 0 Å². The van der Waals surface area contributed by atoms with Crippen molar-refractivity contribution in [3.05, 3.63) is 54.0 Å². The number of benzene rings is 1. The highest BCUT2D eigenvalue weighted by molar-refractivity contribution is 5.79. The zero-order chi connectivity index (χ0) is 16.5. The predicted molar refractivity (Wildman–Crippen MR) is 92.9 cm³/mol. The number of nitrogens with zero attached hydrogens (tertiary/aromatic N) is 2. The molecular weight excluding hydrogens is 290 g/mol. The number of furan rings is 1. The maximum Gasteiger partial charge on any atom is 0.193 e. The lowest BCUT2D eigenvalue weighted by atomic mass is 10.2. The average molecular weight is 315 g/mol. The van der Waals surface area contributed by atoms with E-state index >= 15 is 0 Å². The molecule has 0 unspecified atom stereocenters. The molecule has 0 saturated carbocycles. The summed E-state index contributed by atoms with van der Waals surface area (Å²) in [6.07, 6.45) is 2.50. The van der Waals surface area contributed by atoms with Gasteiger partial charge in [-0.3, -0.25) is 4.99 Å². The van der Waals surface area contributed by atoms with Crippen molar-refractivity contribution < 1.29 is 9.15 Å². The third kappa shape index (κ3) is 5.36. The van der Waals surface area contributed by atoms with Gasteiger partial charge in [0.15, 0.2) is 5.96 Å². The lowest BCUT2D eigenvalue weighted by Crippen LogP contribution is -2.38. The standard InChI is InChI=1S/C18H25N3O2/c1-4-19-18(20-12-11-17-6-5-13-23-17)21(2)14-15-7-9-16(22-3)10-8-15/h5-10,13H,4,11-12,14H2,1-3H3,(H,19,20). The zero-order valence-corrected chi connectivity index (χ0v) is 14.1. The maximum absolute atomic E-state index is 5.34. The van der Waals surface area contributed by atoms with Gasteiger partial charge in [0.25, 0.3) is 0 Å². The molecular formula is C18H25N3O2. The smallest absolute Gasteiger partial charge is 0.193 e. The van der Waals surface area contributed by atoms with E-state index in [-0.39, 0.29) is 0 Å². The first-order valence-corrected chi connectivity index (χ1v) is 7.87. The van der Waals surface area contributed by atoms with Crippen LogP contribution in [0.2, 0.25) is 0 Å². The summed E-state index contributed by atoms with van der Waals surface area (Å²) in [6.45, 7) is 4.40. The van der Waals surface area contributed by atoms with Gasteiger partial charge in [-0.1, -0.05) is 12.1 Å². The van der Waals surface area contributed by atoms with Crippen molar-refractivity contribution >= 4 is 5.96 Å². The van der Waals surface area contributed by atoms with Crippen LogP contribution in [0.5, 0.6) is 5.75 Å². The number of ether oxygens (including phenoxy) is 1. The van der Waals surface area contributed by atoms with Gasteiger partial charge >= 0.3 is 0 Å². The Bertz CT molecular complexity index is 591. The summed E-state index contributed by atoms with van der Waals surface area (Å²) in [5.41, 5.74) is 1.21. The second kappa shape index (κ2) is 8.88. The van der Waals surface area contributed by atoms with Gasteiger partial charge in [-0.25, -0.2) is 0 Å². The van der Waals surface area contributed by atoms with Crippen LogP contribution in [0.25, 0.3) is 0 Å². The molecule has 0 fully saturated rings. The molecule has 2 aromatic rings. The molecule has 0 spiro atoms. The van der Waals surface area contributed by atoms with Crippen molar-refractivity contribution in [2.45, 2.75) is 19.9 Å². The van der Waals surface area contributed by atoms with Crippen molar-refractivity contribution in [2.24, 2.45) is 4.99 Å². The number of aliphatic imine (C=N–C) groups is 1. The van der Waals surface area contributed by atoms with Gasteiger partial charge in [0, 0.05) is 33.1 Å². The molecule has 0 amide bonds. The van der Waals surface area contributed by atoms with Crippen molar-refractivity contribution in [1.82, 2.24) is 10.2 Å². The molecule has 124 valence electrons. The number of hydrogen-bond acceptors (Lipinski definition) is 3. The SMILES string of the molecule is CCNC(=NCCc1ccco1)N(C)Cc1ccc(OC)cc1. The Kier molecular flexibility index (Phi) is 6.54. The fraction of sp³-hybridized carbons (Fsp3) is 0.389. The van der Waals surface area contributed by atoms with E-state index in [9.17, 15) is 0 Å². The third-order valence-corrected chi connectivity index (χ3v) is 3.48. The Morgan fingerprint density at radius 2 is 2.04 bits per heavy atom. The van der Waals surface area contributed by atoms with Gasteiger partial charge in [0.05, 0.1) is 13.4 Å². The molecule has 1 N–H and O–H groups in total. The van der Waals surface area contributed by atoms with Crippen LogP contribution in [0.3, 0.4) is 0 Å². The first-order chi connectivity index (χ1) is 11.2. The highest BCUT2D eigenvalue weighted by atomic mass is 16.5. The highest BCUT2D eigenvalue weighted by Crippen LogP contribution is 2.12. The normalized spacial score (nSPS) is 11.3. The van der Waals surface area contributed by atoms with E-state index < -0.39 is 0 Å². The minimum Gasteiger partial charge on any atom is -0.497 e. The lowest BCUT2D eigenvalue weighted by Gasteiger charge is -2.22. The summed E-state index contributed by atoms with van der Waals surface area (Å²) in [5.74, 6) is 2.73. The summed E-state index contributed by atoms with van der Waals surface area (Å²) >= 11 is 0. The molecule has 0 aliphatic heterocycles. The summed E-state index contributed by atoms with van der Waals surface area (Å²) in [5, 5.41) is 3.33. The highest BCUT2D eigenvalue weighted by Gasteiger charge is 2.07. The summed E-state index contributed by atoms with van der Waals surface area (Å²) in [4.78, 5) is 6.78. The number of guanidine groups is 1. The van der Waals surface area contributed by atoms with Crippen LogP contribution in [-0.2, 0) is 13.0 Å². The summed E-state index contributed by atoms with van der Waals surface area (Å²) in [6, 6.07) is 12.0. The van der Waals surface area contributed by atoms with Gasteiger partial charge in [0.1, 0.15) is 11.5 Å². The average Bonchev–Trinajstić information content (AvgIpc) is 3.08. The number of hydrogen-bond donors (Lipinski definition) is 1. The fourth-order valence-corrected chi connectivity index (χ4v) is 2.28. The molecule has 0 bridgehead atoms. The van der Waals surface area contributed by atoms with Crippen LogP contribution < -0.4 is 10.1 Å². The van der Waals surface area contributed by atoms with Crippen LogP contribution in [-0.4, -0.2) is 38.1 Å². The number of nitrogens with one attached hydrogen (secondary N) is 1. The molecule has 1 heterocycles. The van der Waals surface area contributed by atoms with Gasteiger partial charge < -0.3 is 19.4 Å². The minimum absolute atomic E-state index is 0.697. The van der Waals surface area contributed by atoms with E-state index in [1.165, 1.54) is 5.56 Å². The quantitative estimate of drug-likeness (QED) is 0.630. The lowest BCUT2D eigenvalue weighted by molar-refractivity contribution is 0.414. The molecule has 0 aliphatic carbocycles. The molecule has 0 aliphatic rings. The van der Waals surface area contributed by atoms with Crippen molar-refractivity contribution in [3.8, 4) is 5.75 Å². The predicted octanol–water partition coefficient (Wildman–Crippen LogP) is 2.93. The van der Waals surface area contributed by atoms with Crippen molar-refractivity contribution in [2.75, 3.05) is 27.2 Å². The van der Waals surface area contributed by atoms with Gasteiger partial charge in [0.2, 0.25) is 0 Å². The van der Waals surface area contributed by atoms with E-state index in [0.717, 1.165) is 37.0 Å². The van der Waals surface area contributed by atoms with E-state index in [1.54, 1.807) is 13.4 Å². The Morgan fingerprint density at radius 3 is 2.65 bits per heavy atom. The van der Waals surface area contributed by atoms with Crippen molar-refractivity contribution in [1.29, 1.82) is 0 Å². The number of rotatable bonds is 7. The van der Waals surface area contributed by atoms with Crippen LogP contribution in [0, 0.1) is 0 Å². The summed E-state index contributed by atoms with van der Waals surface area (Å²) < 4.78 is 10.5. The molecule has 23 heavy (non-hydrogen) atoms. The Balaban J connectivity index is 1.94. The topological polar surface area (TPSA) is 50.0 Å². The number of methoxy groups -OCH3 is 1. The first-order valence-electron chi connectivity index (χ1n) is 7.87. The van der Waals surface area contributed by atoms with E-state index in [2.05, 4.69) is 34.3 Å². The molecule has 5 nitrogen and oxygen atoms in total. The maximum atomic E-state index is 5.34. The molecule has 2 rings (SSSR count). The molecule has 0 radical (unpaired) electrons. The van der Waals surface area contributed by atoms with Gasteiger partial charge in [-0.05, 0) is 36.8 Å². The second-order valence-corrected chi connectivity index (χ2v) is 5.27. The van der Waals surface area contributed by atoms with Crippen LogP contribution in [0.1, 0.15) is 18.2 Å². The third-order valence-electron chi connectivity index (χ3n) is 3.48. The Hall–Kier alpha value is -2.43.